The van der Waals surface area contributed by atoms with Gasteiger partial charge in [-0.05, 0) is 55.2 Å². The highest BCUT2D eigenvalue weighted by Crippen LogP contribution is 2.44. The van der Waals surface area contributed by atoms with Crippen LogP contribution in [-0.2, 0) is 27.1 Å². The van der Waals surface area contributed by atoms with Crippen molar-refractivity contribution in [2.45, 2.75) is 47.0 Å². The summed E-state index contributed by atoms with van der Waals surface area (Å²) < 4.78 is 10.4. The molecule has 3 aromatic rings. The number of carbonyl (C=O) groups excluding carboxylic acids is 3. The van der Waals surface area contributed by atoms with Crippen LogP contribution < -0.4 is 5.32 Å². The van der Waals surface area contributed by atoms with Crippen molar-refractivity contribution in [2.75, 3.05) is 18.5 Å². The molecule has 0 spiro atoms. The zero-order valence-electron chi connectivity index (χ0n) is 20.3. The number of aromatic nitrogens is 2. The molecule has 1 aromatic carbocycles. The van der Waals surface area contributed by atoms with Crippen LogP contribution in [0.2, 0.25) is 0 Å². The fourth-order valence-corrected chi connectivity index (χ4v) is 5.59. The van der Waals surface area contributed by atoms with Crippen molar-refractivity contribution in [2.24, 2.45) is 11.3 Å². The van der Waals surface area contributed by atoms with Gasteiger partial charge in [-0.25, -0.2) is 14.6 Å². The zero-order chi connectivity index (χ0) is 25.2. The minimum absolute atomic E-state index is 0.0172. The molecule has 9 heteroatoms. The van der Waals surface area contributed by atoms with Crippen LogP contribution in [0.3, 0.4) is 0 Å². The standard InChI is InChI=1S/C26H29N3O5S/c1-5-33-25(32)22-16-11-10-15(26(2,3)4)12-20(16)35-23(22)29-21(30)14-34-24(31)19-13-27-17-8-6-7-9-18(17)28-19/h6-9,13,15H,5,10-12,14H2,1-4H3,(H,29,30). The number of benzene rings is 1. The Labute approximate surface area is 208 Å². The van der Waals surface area contributed by atoms with E-state index in [1.54, 1.807) is 25.1 Å². The second kappa shape index (κ2) is 10.1. The van der Waals surface area contributed by atoms with Gasteiger partial charge in [-0.15, -0.1) is 11.3 Å². The Kier molecular flexibility index (Phi) is 7.16. The number of rotatable bonds is 6. The second-order valence-electron chi connectivity index (χ2n) is 9.60. The molecule has 2 heterocycles. The van der Waals surface area contributed by atoms with Gasteiger partial charge in [0.15, 0.2) is 12.3 Å². The molecule has 0 fully saturated rings. The van der Waals surface area contributed by atoms with E-state index in [0.717, 1.165) is 29.7 Å². The van der Waals surface area contributed by atoms with Crippen LogP contribution in [0.15, 0.2) is 30.5 Å². The number of hydrogen-bond donors (Lipinski definition) is 1. The lowest BCUT2D eigenvalue weighted by Crippen LogP contribution is -2.26. The first-order valence-electron chi connectivity index (χ1n) is 11.7. The highest BCUT2D eigenvalue weighted by atomic mass is 32.1. The monoisotopic (exact) mass is 495 g/mol. The normalized spacial score (nSPS) is 15.4. The number of anilines is 1. The Morgan fingerprint density at radius 3 is 2.57 bits per heavy atom. The van der Waals surface area contributed by atoms with Crippen molar-refractivity contribution < 1.29 is 23.9 Å². The molecule has 35 heavy (non-hydrogen) atoms. The van der Waals surface area contributed by atoms with E-state index in [9.17, 15) is 14.4 Å². The molecule has 1 aliphatic rings. The molecule has 1 aliphatic carbocycles. The minimum Gasteiger partial charge on any atom is -0.462 e. The lowest BCUT2D eigenvalue weighted by Gasteiger charge is -2.33. The molecule has 0 saturated heterocycles. The topological polar surface area (TPSA) is 107 Å². The summed E-state index contributed by atoms with van der Waals surface area (Å²) in [6, 6.07) is 7.16. The van der Waals surface area contributed by atoms with Crippen LogP contribution in [0.25, 0.3) is 11.0 Å². The number of fused-ring (bicyclic) bond motifs is 2. The first-order valence-corrected chi connectivity index (χ1v) is 12.5. The summed E-state index contributed by atoms with van der Waals surface area (Å²) in [6.45, 7) is 8.15. The van der Waals surface area contributed by atoms with Gasteiger partial charge < -0.3 is 14.8 Å². The van der Waals surface area contributed by atoms with Crippen molar-refractivity contribution in [3.05, 3.63) is 52.2 Å². The molecule has 0 saturated carbocycles. The maximum absolute atomic E-state index is 12.7. The molecule has 1 atom stereocenters. The van der Waals surface area contributed by atoms with E-state index in [-0.39, 0.29) is 17.7 Å². The van der Waals surface area contributed by atoms with E-state index in [2.05, 4.69) is 36.1 Å². The van der Waals surface area contributed by atoms with Crippen molar-refractivity contribution in [3.8, 4) is 0 Å². The highest BCUT2D eigenvalue weighted by molar-refractivity contribution is 7.17. The fourth-order valence-electron chi connectivity index (χ4n) is 4.26. The number of nitrogens with zero attached hydrogens (tertiary/aromatic N) is 2. The molecular weight excluding hydrogens is 466 g/mol. The molecule has 1 amide bonds. The van der Waals surface area contributed by atoms with E-state index >= 15 is 0 Å². The number of para-hydroxylation sites is 2. The predicted molar refractivity (Wildman–Crippen MR) is 134 cm³/mol. The first kappa shape index (κ1) is 24.8. The highest BCUT2D eigenvalue weighted by Gasteiger charge is 2.34. The van der Waals surface area contributed by atoms with Gasteiger partial charge in [0.25, 0.3) is 5.91 Å². The number of carbonyl (C=O) groups is 3. The van der Waals surface area contributed by atoms with E-state index < -0.39 is 24.5 Å². The summed E-state index contributed by atoms with van der Waals surface area (Å²) in [5.41, 5.74) is 2.75. The van der Waals surface area contributed by atoms with Crippen LogP contribution in [0.5, 0.6) is 0 Å². The van der Waals surface area contributed by atoms with Gasteiger partial charge in [-0.3, -0.25) is 9.78 Å². The molecule has 0 radical (unpaired) electrons. The molecule has 2 aromatic heterocycles. The van der Waals surface area contributed by atoms with Crippen LogP contribution in [0.4, 0.5) is 5.00 Å². The van der Waals surface area contributed by atoms with Crippen LogP contribution in [0, 0.1) is 11.3 Å². The molecular formula is C26H29N3O5S. The van der Waals surface area contributed by atoms with Crippen LogP contribution in [0.1, 0.15) is 65.4 Å². The van der Waals surface area contributed by atoms with Crippen LogP contribution in [-0.4, -0.2) is 41.0 Å². The summed E-state index contributed by atoms with van der Waals surface area (Å²) >= 11 is 1.40. The van der Waals surface area contributed by atoms with Crippen molar-refractivity contribution >= 4 is 45.2 Å². The van der Waals surface area contributed by atoms with Crippen LogP contribution >= 0.6 is 11.3 Å². The van der Waals surface area contributed by atoms with Crippen molar-refractivity contribution in [1.82, 2.24) is 9.97 Å². The largest absolute Gasteiger partial charge is 0.462 e. The Hall–Kier alpha value is -3.33. The summed E-state index contributed by atoms with van der Waals surface area (Å²) in [4.78, 5) is 47.4. The summed E-state index contributed by atoms with van der Waals surface area (Å²) in [6.07, 6.45) is 3.90. The molecule has 8 nitrogen and oxygen atoms in total. The van der Waals surface area contributed by atoms with Gasteiger partial charge in [0.2, 0.25) is 0 Å². The maximum Gasteiger partial charge on any atom is 0.359 e. The molecule has 0 aliphatic heterocycles. The van der Waals surface area contributed by atoms with Gasteiger partial charge in [0.1, 0.15) is 5.00 Å². The third-order valence-electron chi connectivity index (χ3n) is 6.21. The van der Waals surface area contributed by atoms with Gasteiger partial charge in [-0.2, -0.15) is 0 Å². The van der Waals surface area contributed by atoms with E-state index in [1.807, 2.05) is 6.07 Å². The molecule has 0 bridgehead atoms. The smallest absolute Gasteiger partial charge is 0.359 e. The third-order valence-corrected chi connectivity index (χ3v) is 7.38. The number of nitrogens with one attached hydrogen (secondary N) is 1. The van der Waals surface area contributed by atoms with Crippen molar-refractivity contribution in [3.63, 3.8) is 0 Å². The molecule has 184 valence electrons. The average molecular weight is 496 g/mol. The lowest BCUT2D eigenvalue weighted by atomic mass is 9.72. The van der Waals surface area contributed by atoms with Gasteiger partial charge in [0.05, 0.1) is 29.4 Å². The minimum atomic E-state index is -0.748. The number of hydrogen-bond acceptors (Lipinski definition) is 8. The average Bonchev–Trinajstić information content (AvgIpc) is 3.18. The number of amides is 1. The number of ether oxygens (including phenoxy) is 2. The Balaban J connectivity index is 1.47. The summed E-state index contributed by atoms with van der Waals surface area (Å²) in [5.74, 6) is -1.25. The predicted octanol–water partition coefficient (Wildman–Crippen LogP) is 4.81. The second-order valence-corrected chi connectivity index (χ2v) is 10.7. The SMILES string of the molecule is CCOC(=O)c1c(NC(=O)COC(=O)c2cnc3ccccc3n2)sc2c1CCC(C(C)(C)C)C2. The number of thiophene rings is 1. The lowest BCUT2D eigenvalue weighted by molar-refractivity contribution is -0.119. The Morgan fingerprint density at radius 1 is 1.11 bits per heavy atom. The number of esters is 2. The van der Waals surface area contributed by atoms with E-state index in [4.69, 9.17) is 9.47 Å². The molecule has 1 unspecified atom stereocenters. The van der Waals surface area contributed by atoms with Gasteiger partial charge >= 0.3 is 11.9 Å². The maximum atomic E-state index is 12.7. The third kappa shape index (κ3) is 5.51. The molecule has 1 N–H and O–H groups in total. The Morgan fingerprint density at radius 2 is 1.86 bits per heavy atom. The Bertz CT molecular complexity index is 1280. The first-order chi connectivity index (χ1) is 16.7. The fraction of sp³-hybridized carbons (Fsp3) is 0.423. The zero-order valence-corrected chi connectivity index (χ0v) is 21.2. The van der Waals surface area contributed by atoms with Gasteiger partial charge in [0, 0.05) is 4.88 Å². The summed E-state index contributed by atoms with van der Waals surface area (Å²) in [7, 11) is 0. The molecule has 4 rings (SSSR count). The quantitative estimate of drug-likeness (QED) is 0.489. The van der Waals surface area contributed by atoms with E-state index in [1.165, 1.54) is 17.5 Å². The van der Waals surface area contributed by atoms with Gasteiger partial charge in [-0.1, -0.05) is 32.9 Å². The summed E-state index contributed by atoms with van der Waals surface area (Å²) in [5, 5.41) is 3.20. The van der Waals surface area contributed by atoms with E-state index in [0.29, 0.717) is 27.5 Å². The van der Waals surface area contributed by atoms with Crippen molar-refractivity contribution in [1.29, 1.82) is 0 Å².